The molecule has 0 aliphatic rings. The molecule has 0 radical (unpaired) electrons. The van der Waals surface area contributed by atoms with Crippen molar-refractivity contribution in [3.8, 4) is 0 Å². The molecule has 0 amide bonds. The summed E-state index contributed by atoms with van der Waals surface area (Å²) in [6, 6.07) is 7.65. The molecule has 2 rings (SSSR count). The number of hydrogen-bond acceptors (Lipinski definition) is 2. The predicted molar refractivity (Wildman–Crippen MR) is 67.7 cm³/mol. The molecular formula is C14H13FN2O. The van der Waals surface area contributed by atoms with E-state index in [0.29, 0.717) is 12.2 Å². The second kappa shape index (κ2) is 5.40. The minimum Gasteiger partial charge on any atom is -0.288 e. The van der Waals surface area contributed by atoms with Crippen molar-refractivity contribution < 1.29 is 9.18 Å². The first-order valence-electron chi connectivity index (χ1n) is 5.70. The van der Waals surface area contributed by atoms with Gasteiger partial charge in [-0.2, -0.15) is 5.10 Å². The molecule has 0 N–H and O–H groups in total. The number of ketones is 1. The first-order chi connectivity index (χ1) is 8.70. The summed E-state index contributed by atoms with van der Waals surface area (Å²) in [5, 5.41) is 4.03. The standard InChI is InChI=1S/C14H13FN2O/c1-2-17-13(9-10-16-17)14(18)8-5-11-3-6-12(15)7-4-11/h3-10H,2H2,1H3/b8-5+. The zero-order valence-electron chi connectivity index (χ0n) is 10.0. The van der Waals surface area contributed by atoms with Gasteiger partial charge in [0.25, 0.3) is 0 Å². The van der Waals surface area contributed by atoms with Crippen molar-refractivity contribution in [3.05, 3.63) is 59.7 Å². The van der Waals surface area contributed by atoms with Gasteiger partial charge in [-0.1, -0.05) is 18.2 Å². The zero-order valence-corrected chi connectivity index (χ0v) is 10.0. The number of carbonyl (C=O) groups excluding carboxylic acids is 1. The van der Waals surface area contributed by atoms with Crippen molar-refractivity contribution in [2.45, 2.75) is 13.5 Å². The number of benzene rings is 1. The van der Waals surface area contributed by atoms with Crippen molar-refractivity contribution in [1.82, 2.24) is 9.78 Å². The average molecular weight is 244 g/mol. The number of aromatic nitrogens is 2. The van der Waals surface area contributed by atoms with E-state index in [4.69, 9.17) is 0 Å². The van der Waals surface area contributed by atoms with E-state index in [1.807, 2.05) is 6.92 Å². The number of rotatable bonds is 4. The third-order valence-electron chi connectivity index (χ3n) is 2.57. The molecule has 0 aliphatic carbocycles. The minimum absolute atomic E-state index is 0.112. The van der Waals surface area contributed by atoms with Gasteiger partial charge in [0.1, 0.15) is 11.5 Å². The highest BCUT2D eigenvalue weighted by atomic mass is 19.1. The summed E-state index contributed by atoms with van der Waals surface area (Å²) in [5.74, 6) is -0.402. The first kappa shape index (κ1) is 12.2. The SMILES string of the molecule is CCn1nccc1C(=O)/C=C/c1ccc(F)cc1. The highest BCUT2D eigenvalue weighted by Gasteiger charge is 2.07. The summed E-state index contributed by atoms with van der Waals surface area (Å²) in [6.45, 7) is 2.58. The van der Waals surface area contributed by atoms with Crippen LogP contribution >= 0.6 is 0 Å². The molecule has 2 aromatic rings. The molecule has 0 bridgehead atoms. The van der Waals surface area contributed by atoms with E-state index >= 15 is 0 Å². The fourth-order valence-electron chi connectivity index (χ4n) is 1.63. The maximum Gasteiger partial charge on any atom is 0.203 e. The summed E-state index contributed by atoms with van der Waals surface area (Å²) in [4.78, 5) is 11.9. The largest absolute Gasteiger partial charge is 0.288 e. The van der Waals surface area contributed by atoms with Crippen LogP contribution in [0, 0.1) is 5.82 Å². The Morgan fingerprint density at radius 2 is 2.06 bits per heavy atom. The normalized spacial score (nSPS) is 11.0. The van der Waals surface area contributed by atoms with Crippen molar-refractivity contribution in [2.75, 3.05) is 0 Å². The average Bonchev–Trinajstić information content (AvgIpc) is 2.86. The number of halogens is 1. The Hall–Kier alpha value is -2.23. The number of nitrogens with zero attached hydrogens (tertiary/aromatic N) is 2. The van der Waals surface area contributed by atoms with Gasteiger partial charge in [-0.3, -0.25) is 9.48 Å². The molecule has 1 aromatic heterocycles. The molecule has 0 unspecified atom stereocenters. The third-order valence-corrected chi connectivity index (χ3v) is 2.57. The lowest BCUT2D eigenvalue weighted by Gasteiger charge is -1.99. The molecule has 1 aromatic carbocycles. The Morgan fingerprint density at radius 3 is 2.72 bits per heavy atom. The summed E-state index contributed by atoms with van der Waals surface area (Å²) in [7, 11) is 0. The van der Waals surface area contributed by atoms with Crippen LogP contribution in [0.1, 0.15) is 23.0 Å². The topological polar surface area (TPSA) is 34.9 Å². The number of carbonyl (C=O) groups is 1. The summed E-state index contributed by atoms with van der Waals surface area (Å²) >= 11 is 0. The van der Waals surface area contributed by atoms with Gasteiger partial charge in [-0.15, -0.1) is 0 Å². The summed E-state index contributed by atoms with van der Waals surface area (Å²) < 4.78 is 14.3. The van der Waals surface area contributed by atoms with Crippen LogP contribution in [0.3, 0.4) is 0 Å². The van der Waals surface area contributed by atoms with Crippen LogP contribution < -0.4 is 0 Å². The molecule has 0 spiro atoms. The van der Waals surface area contributed by atoms with Crippen LogP contribution in [0.25, 0.3) is 6.08 Å². The molecule has 0 saturated heterocycles. The smallest absolute Gasteiger partial charge is 0.203 e. The quantitative estimate of drug-likeness (QED) is 0.612. The summed E-state index contributed by atoms with van der Waals surface area (Å²) in [6.07, 6.45) is 4.73. The molecule has 0 fully saturated rings. The Balaban J connectivity index is 2.14. The Kier molecular flexibility index (Phi) is 3.67. The fraction of sp³-hybridized carbons (Fsp3) is 0.143. The molecule has 1 heterocycles. The maximum atomic E-state index is 12.7. The molecule has 3 nitrogen and oxygen atoms in total. The molecule has 0 atom stereocenters. The maximum absolute atomic E-state index is 12.7. The molecule has 18 heavy (non-hydrogen) atoms. The monoisotopic (exact) mass is 244 g/mol. The number of allylic oxidation sites excluding steroid dienone is 1. The van der Waals surface area contributed by atoms with Crippen LogP contribution in [0.2, 0.25) is 0 Å². The van der Waals surface area contributed by atoms with Gasteiger partial charge < -0.3 is 0 Å². The van der Waals surface area contributed by atoms with Crippen LogP contribution in [0.4, 0.5) is 4.39 Å². The van der Waals surface area contributed by atoms with Crippen LogP contribution in [0.5, 0.6) is 0 Å². The van der Waals surface area contributed by atoms with Gasteiger partial charge in [-0.05, 0) is 36.8 Å². The molecule has 0 aliphatic heterocycles. The van der Waals surface area contributed by atoms with Gasteiger partial charge in [0, 0.05) is 12.7 Å². The van der Waals surface area contributed by atoms with Crippen LogP contribution in [0.15, 0.2) is 42.6 Å². The molecule has 92 valence electrons. The van der Waals surface area contributed by atoms with Gasteiger partial charge in [-0.25, -0.2) is 4.39 Å². The van der Waals surface area contributed by atoms with E-state index in [-0.39, 0.29) is 11.6 Å². The molecular weight excluding hydrogens is 231 g/mol. The fourth-order valence-corrected chi connectivity index (χ4v) is 1.63. The van der Waals surface area contributed by atoms with E-state index in [1.54, 1.807) is 35.2 Å². The molecule has 4 heteroatoms. The van der Waals surface area contributed by atoms with E-state index in [0.717, 1.165) is 5.56 Å². The number of aryl methyl sites for hydroxylation is 1. The zero-order chi connectivity index (χ0) is 13.0. The van der Waals surface area contributed by atoms with E-state index in [9.17, 15) is 9.18 Å². The van der Waals surface area contributed by atoms with Crippen molar-refractivity contribution in [3.63, 3.8) is 0 Å². The van der Waals surface area contributed by atoms with Crippen LogP contribution in [-0.2, 0) is 6.54 Å². The second-order valence-corrected chi connectivity index (χ2v) is 3.78. The second-order valence-electron chi connectivity index (χ2n) is 3.78. The van der Waals surface area contributed by atoms with E-state index in [1.165, 1.54) is 18.2 Å². The highest BCUT2D eigenvalue weighted by Crippen LogP contribution is 2.07. The third kappa shape index (κ3) is 2.71. The lowest BCUT2D eigenvalue weighted by molar-refractivity contribution is 0.103. The lowest BCUT2D eigenvalue weighted by Crippen LogP contribution is -2.07. The van der Waals surface area contributed by atoms with Gasteiger partial charge in [0.2, 0.25) is 5.78 Å². The Labute approximate surface area is 105 Å². The Morgan fingerprint density at radius 1 is 1.33 bits per heavy atom. The van der Waals surface area contributed by atoms with E-state index in [2.05, 4.69) is 5.10 Å². The van der Waals surface area contributed by atoms with Gasteiger partial charge >= 0.3 is 0 Å². The van der Waals surface area contributed by atoms with Gasteiger partial charge in [0.05, 0.1) is 0 Å². The van der Waals surface area contributed by atoms with Crippen molar-refractivity contribution in [1.29, 1.82) is 0 Å². The predicted octanol–water partition coefficient (Wildman–Crippen LogP) is 2.94. The van der Waals surface area contributed by atoms with Gasteiger partial charge in [0.15, 0.2) is 0 Å². The lowest BCUT2D eigenvalue weighted by atomic mass is 10.1. The minimum atomic E-state index is -0.289. The van der Waals surface area contributed by atoms with Crippen LogP contribution in [-0.4, -0.2) is 15.6 Å². The molecule has 0 saturated carbocycles. The van der Waals surface area contributed by atoms with E-state index < -0.39 is 0 Å². The first-order valence-corrected chi connectivity index (χ1v) is 5.70. The van der Waals surface area contributed by atoms with Crippen molar-refractivity contribution >= 4 is 11.9 Å². The number of hydrogen-bond donors (Lipinski definition) is 0. The summed E-state index contributed by atoms with van der Waals surface area (Å²) in [5.41, 5.74) is 1.34. The Bertz CT molecular complexity index is 570. The highest BCUT2D eigenvalue weighted by molar-refractivity contribution is 6.05. The van der Waals surface area contributed by atoms with Crippen molar-refractivity contribution in [2.24, 2.45) is 0 Å².